The molecule has 0 unspecified atom stereocenters. The molecular formula is C36H37F3N6O3. The fraction of sp³-hybridized carbons (Fsp3) is 0.389. The van der Waals surface area contributed by atoms with Gasteiger partial charge in [-0.05, 0) is 56.5 Å². The van der Waals surface area contributed by atoms with E-state index < -0.39 is 28.9 Å². The van der Waals surface area contributed by atoms with Crippen LogP contribution in [-0.4, -0.2) is 86.8 Å². The molecular weight excluding hydrogens is 621 g/mol. The van der Waals surface area contributed by atoms with Gasteiger partial charge in [-0.3, -0.25) is 14.7 Å². The maximum Gasteiger partial charge on any atom is 0.319 e. The minimum absolute atomic E-state index is 0.0386. The van der Waals surface area contributed by atoms with Crippen LogP contribution in [0, 0.1) is 24.0 Å². The number of aromatic hydroxyl groups is 1. The highest BCUT2D eigenvalue weighted by atomic mass is 19.1. The van der Waals surface area contributed by atoms with Crippen LogP contribution in [0.5, 0.6) is 11.8 Å². The molecule has 48 heavy (non-hydrogen) atoms. The van der Waals surface area contributed by atoms with Crippen LogP contribution < -0.4 is 10.1 Å². The average Bonchev–Trinajstić information content (AvgIpc) is 3.65. The van der Waals surface area contributed by atoms with E-state index >= 15 is 4.39 Å². The maximum atomic E-state index is 16.8. The number of phenolic OH excluding ortho intramolecular Hbond substituents is 1. The molecule has 0 radical (unpaired) electrons. The first-order chi connectivity index (χ1) is 22.9. The van der Waals surface area contributed by atoms with Crippen LogP contribution in [-0.2, 0) is 4.79 Å². The smallest absolute Gasteiger partial charge is 0.319 e. The van der Waals surface area contributed by atoms with Crippen LogP contribution in [0.25, 0.3) is 32.9 Å². The second kappa shape index (κ2) is 12.6. The van der Waals surface area contributed by atoms with Crippen molar-refractivity contribution in [2.24, 2.45) is 0 Å². The SMILES string of the molecule is C#Cc1c(F)ccc2cc(O)cc(-c3ncc4c(NCC5(N(C)C(=O)C=C)CCCC5)nc(OC[C@]5(C)C[C@@H](F)CN5C)nc4c3F)c12. The van der Waals surface area contributed by atoms with Crippen molar-refractivity contribution in [3.63, 3.8) is 0 Å². The predicted molar refractivity (Wildman–Crippen MR) is 178 cm³/mol. The number of terminal acetylenes is 1. The average molecular weight is 659 g/mol. The van der Waals surface area contributed by atoms with Gasteiger partial charge in [-0.25, -0.2) is 13.2 Å². The summed E-state index contributed by atoms with van der Waals surface area (Å²) >= 11 is 0. The summed E-state index contributed by atoms with van der Waals surface area (Å²) in [7, 11) is 3.55. The second-order valence-corrected chi connectivity index (χ2v) is 13.0. The Hall–Kier alpha value is -4.89. The number of hydrogen-bond acceptors (Lipinski definition) is 8. The molecule has 6 rings (SSSR count). The number of nitrogens with one attached hydrogen (secondary N) is 1. The number of rotatable bonds is 9. The first kappa shape index (κ1) is 33.0. The van der Waals surface area contributed by atoms with E-state index in [-0.39, 0.29) is 76.2 Å². The molecule has 3 heterocycles. The van der Waals surface area contributed by atoms with Crippen LogP contribution in [0.2, 0.25) is 0 Å². The number of carbonyl (C=O) groups excluding carboxylic acids is 1. The monoisotopic (exact) mass is 658 g/mol. The number of nitrogens with zero attached hydrogens (tertiary/aromatic N) is 5. The van der Waals surface area contributed by atoms with Gasteiger partial charge in [0.15, 0.2) is 5.82 Å². The Morgan fingerprint density at radius 3 is 2.71 bits per heavy atom. The van der Waals surface area contributed by atoms with Gasteiger partial charge in [0.05, 0.1) is 22.0 Å². The summed E-state index contributed by atoms with van der Waals surface area (Å²) in [4.78, 5) is 29.7. The Morgan fingerprint density at radius 2 is 2.04 bits per heavy atom. The Bertz CT molecular complexity index is 1980. The third kappa shape index (κ3) is 5.76. The van der Waals surface area contributed by atoms with Crippen LogP contribution >= 0.6 is 0 Å². The summed E-state index contributed by atoms with van der Waals surface area (Å²) in [6, 6.07) is 5.16. The van der Waals surface area contributed by atoms with Gasteiger partial charge >= 0.3 is 6.01 Å². The van der Waals surface area contributed by atoms with Gasteiger partial charge in [0.25, 0.3) is 0 Å². The van der Waals surface area contributed by atoms with E-state index in [1.54, 1.807) is 11.9 Å². The van der Waals surface area contributed by atoms with E-state index in [1.165, 1.54) is 36.5 Å². The minimum atomic E-state index is -1.02. The van der Waals surface area contributed by atoms with Crippen LogP contribution in [0.15, 0.2) is 43.1 Å². The lowest BCUT2D eigenvalue weighted by atomic mass is 9.95. The van der Waals surface area contributed by atoms with E-state index in [9.17, 15) is 18.7 Å². The van der Waals surface area contributed by atoms with Gasteiger partial charge in [-0.15, -0.1) is 6.42 Å². The van der Waals surface area contributed by atoms with Crippen molar-refractivity contribution >= 4 is 33.4 Å². The maximum absolute atomic E-state index is 16.8. The molecule has 1 amide bonds. The molecule has 2 N–H and O–H groups in total. The van der Waals surface area contributed by atoms with Crippen molar-refractivity contribution < 1.29 is 27.8 Å². The van der Waals surface area contributed by atoms with Crippen LogP contribution in [0.1, 0.15) is 44.6 Å². The summed E-state index contributed by atoms with van der Waals surface area (Å²) in [5.74, 6) is 0.609. The highest BCUT2D eigenvalue weighted by Gasteiger charge is 2.42. The van der Waals surface area contributed by atoms with Crippen molar-refractivity contribution in [3.05, 3.63) is 60.3 Å². The number of anilines is 1. The number of aromatic nitrogens is 3. The Morgan fingerprint density at radius 1 is 1.29 bits per heavy atom. The number of carbonyl (C=O) groups is 1. The van der Waals surface area contributed by atoms with Crippen molar-refractivity contribution in [1.29, 1.82) is 0 Å². The topological polar surface area (TPSA) is 104 Å². The summed E-state index contributed by atoms with van der Waals surface area (Å²) in [6.07, 6.45) is 10.9. The summed E-state index contributed by atoms with van der Waals surface area (Å²) in [5, 5.41) is 14.7. The zero-order valence-corrected chi connectivity index (χ0v) is 27.1. The zero-order valence-electron chi connectivity index (χ0n) is 27.1. The number of pyridine rings is 1. The fourth-order valence-corrected chi connectivity index (χ4v) is 7.06. The second-order valence-electron chi connectivity index (χ2n) is 13.0. The van der Waals surface area contributed by atoms with Crippen LogP contribution in [0.3, 0.4) is 0 Å². The quantitative estimate of drug-likeness (QED) is 0.167. The summed E-state index contributed by atoms with van der Waals surface area (Å²) in [6.45, 7) is 6.10. The summed E-state index contributed by atoms with van der Waals surface area (Å²) in [5.41, 5.74) is -1.57. The molecule has 0 bridgehead atoms. The molecule has 1 aliphatic heterocycles. The number of likely N-dealkylation sites (N-methyl/N-ethyl adjacent to an activating group) is 2. The Kier molecular flexibility index (Phi) is 8.68. The molecule has 0 spiro atoms. The molecule has 9 nitrogen and oxygen atoms in total. The van der Waals surface area contributed by atoms with E-state index in [0.717, 1.165) is 25.7 Å². The van der Waals surface area contributed by atoms with Gasteiger partial charge in [-0.1, -0.05) is 31.4 Å². The number of alkyl halides is 1. The lowest BCUT2D eigenvalue weighted by molar-refractivity contribution is -0.129. The number of benzene rings is 2. The number of fused-ring (bicyclic) bond motifs is 2. The third-order valence-electron chi connectivity index (χ3n) is 10.0. The molecule has 2 aromatic carbocycles. The van der Waals surface area contributed by atoms with E-state index in [4.69, 9.17) is 11.2 Å². The molecule has 1 saturated heterocycles. The number of phenols is 1. The molecule has 4 aromatic rings. The molecule has 2 aromatic heterocycles. The standard InChI is InChI=1S/C36H37F3N6O3/c1-6-24-27(38)11-10-21-14-23(46)15-25(29(21)24)31-30(39)32-26(17-40-31)33(41-19-36(12-8-9-13-36)45(5)28(47)7-2)43-34(42-32)48-20-35(3)16-22(37)18-44(35)4/h1,7,10-11,14-15,17,22,46H,2,8-9,12-13,16,18-20H2,3-5H3,(H,41,42,43)/t22-,35+/m1/s1. The highest BCUT2D eigenvalue weighted by molar-refractivity contribution is 6.03. The number of likely N-dealkylation sites (tertiary alicyclic amines) is 1. The lowest BCUT2D eigenvalue weighted by Crippen LogP contribution is -2.51. The Labute approximate surface area is 276 Å². The number of ether oxygens (including phenoxy) is 1. The third-order valence-corrected chi connectivity index (χ3v) is 10.0. The first-order valence-corrected chi connectivity index (χ1v) is 15.8. The molecule has 12 heteroatoms. The number of hydrogen-bond donors (Lipinski definition) is 2. The Balaban J connectivity index is 1.48. The van der Waals surface area contributed by atoms with Gasteiger partial charge < -0.3 is 20.1 Å². The lowest BCUT2D eigenvalue weighted by Gasteiger charge is -2.38. The predicted octanol–water partition coefficient (Wildman–Crippen LogP) is 5.99. The number of amides is 1. The van der Waals surface area contributed by atoms with E-state index in [2.05, 4.69) is 32.8 Å². The van der Waals surface area contributed by atoms with Gasteiger partial charge in [0.2, 0.25) is 5.91 Å². The molecule has 1 saturated carbocycles. The normalized spacial score (nSPS) is 20.6. The molecule has 2 aliphatic rings. The van der Waals surface area contributed by atoms with Gasteiger partial charge in [-0.2, -0.15) is 9.97 Å². The van der Waals surface area contributed by atoms with E-state index in [1.807, 2.05) is 18.9 Å². The van der Waals surface area contributed by atoms with Gasteiger partial charge in [0, 0.05) is 43.7 Å². The van der Waals surface area contributed by atoms with Gasteiger partial charge in [0.1, 0.15) is 41.4 Å². The van der Waals surface area contributed by atoms with E-state index in [0.29, 0.717) is 11.9 Å². The largest absolute Gasteiger partial charge is 0.508 e. The minimum Gasteiger partial charge on any atom is -0.508 e. The highest BCUT2D eigenvalue weighted by Crippen LogP contribution is 2.40. The number of halogens is 3. The first-order valence-electron chi connectivity index (χ1n) is 15.8. The van der Waals surface area contributed by atoms with Crippen molar-refractivity contribution in [1.82, 2.24) is 24.8 Å². The van der Waals surface area contributed by atoms with Crippen molar-refractivity contribution in [2.75, 3.05) is 39.1 Å². The molecule has 2 atom stereocenters. The zero-order chi connectivity index (χ0) is 34.4. The fourth-order valence-electron chi connectivity index (χ4n) is 7.06. The van der Waals surface area contributed by atoms with Crippen LogP contribution in [0.4, 0.5) is 19.0 Å². The van der Waals surface area contributed by atoms with Crippen molar-refractivity contribution in [3.8, 4) is 35.4 Å². The molecule has 1 aliphatic carbocycles. The summed E-state index contributed by atoms with van der Waals surface area (Å²) < 4.78 is 51.9. The van der Waals surface area contributed by atoms with Crippen molar-refractivity contribution in [2.45, 2.75) is 56.3 Å². The molecule has 2 fully saturated rings. The molecule has 250 valence electrons.